The number of aromatic nitrogens is 2. The monoisotopic (exact) mass is 358 g/mol. The Hall–Kier alpha value is -2.41. The molecule has 0 aliphatic carbocycles. The molecule has 1 saturated heterocycles. The van der Waals surface area contributed by atoms with E-state index in [9.17, 15) is 4.79 Å². The van der Waals surface area contributed by atoms with Crippen molar-refractivity contribution >= 4 is 11.7 Å². The Labute approximate surface area is 153 Å². The van der Waals surface area contributed by atoms with Crippen LogP contribution in [0.1, 0.15) is 36.4 Å². The van der Waals surface area contributed by atoms with Crippen molar-refractivity contribution in [3.8, 4) is 0 Å². The molecule has 1 N–H and O–H groups in total. The summed E-state index contributed by atoms with van der Waals surface area (Å²) >= 11 is 0. The molecule has 3 rings (SSSR count). The third kappa shape index (κ3) is 4.40. The number of morpholine rings is 1. The third-order valence-corrected chi connectivity index (χ3v) is 4.56. The van der Waals surface area contributed by atoms with Crippen molar-refractivity contribution in [2.24, 2.45) is 0 Å². The quantitative estimate of drug-likeness (QED) is 0.882. The van der Waals surface area contributed by atoms with Crippen molar-refractivity contribution in [3.05, 3.63) is 40.9 Å². The van der Waals surface area contributed by atoms with Gasteiger partial charge in [0.25, 0.3) is 0 Å². The van der Waals surface area contributed by atoms with Crippen LogP contribution in [-0.4, -0.2) is 41.3 Å². The first-order valence-electron chi connectivity index (χ1n) is 8.96. The number of hydrogen-bond donors (Lipinski definition) is 1. The van der Waals surface area contributed by atoms with E-state index in [1.54, 1.807) is 0 Å². The molecule has 1 fully saturated rings. The second-order valence-electron chi connectivity index (χ2n) is 6.94. The van der Waals surface area contributed by atoms with Crippen LogP contribution in [-0.2, 0) is 22.5 Å². The molecular weight excluding hydrogens is 332 g/mol. The average Bonchev–Trinajstić information content (AvgIpc) is 2.91. The molecule has 26 heavy (non-hydrogen) atoms. The predicted molar refractivity (Wildman–Crippen MR) is 98.0 cm³/mol. The van der Waals surface area contributed by atoms with E-state index < -0.39 is 0 Å². The van der Waals surface area contributed by atoms with Crippen LogP contribution in [0.25, 0.3) is 0 Å². The van der Waals surface area contributed by atoms with Crippen molar-refractivity contribution in [3.63, 3.8) is 0 Å². The summed E-state index contributed by atoms with van der Waals surface area (Å²) in [6.07, 6.45) is 2.49. The Balaban J connectivity index is 1.53. The number of carbonyl (C=O) groups excluding carboxylic acids is 1. The summed E-state index contributed by atoms with van der Waals surface area (Å²) in [4.78, 5) is 18.9. The molecule has 0 saturated carbocycles. The van der Waals surface area contributed by atoms with Gasteiger partial charge in [0, 0.05) is 31.4 Å². The first-order chi connectivity index (χ1) is 12.4. The number of amides is 1. The number of nitrogens with one attached hydrogen (secondary N) is 1. The third-order valence-electron chi connectivity index (χ3n) is 4.56. The molecule has 2 aromatic rings. The van der Waals surface area contributed by atoms with E-state index >= 15 is 0 Å². The van der Waals surface area contributed by atoms with Gasteiger partial charge in [-0.1, -0.05) is 11.2 Å². The van der Waals surface area contributed by atoms with E-state index in [2.05, 4.69) is 34.2 Å². The number of rotatable bonds is 5. The topological polar surface area (TPSA) is 80.5 Å². The summed E-state index contributed by atoms with van der Waals surface area (Å²) in [5.41, 5.74) is 2.58. The number of pyridine rings is 1. The Kier molecular flexibility index (Phi) is 5.56. The number of anilines is 1. The lowest BCUT2D eigenvalue weighted by Gasteiger charge is -2.36. The molecule has 3 heterocycles. The molecule has 2 unspecified atom stereocenters. The van der Waals surface area contributed by atoms with Crippen LogP contribution in [0.4, 0.5) is 5.82 Å². The highest BCUT2D eigenvalue weighted by Crippen LogP contribution is 2.18. The van der Waals surface area contributed by atoms with E-state index in [1.807, 2.05) is 32.2 Å². The number of nitrogens with zero attached hydrogens (tertiary/aromatic N) is 3. The van der Waals surface area contributed by atoms with E-state index in [-0.39, 0.29) is 24.5 Å². The molecule has 7 heteroatoms. The van der Waals surface area contributed by atoms with Crippen LogP contribution in [0, 0.1) is 13.8 Å². The first kappa shape index (κ1) is 18.4. The van der Waals surface area contributed by atoms with Gasteiger partial charge >= 0.3 is 0 Å². The zero-order chi connectivity index (χ0) is 18.7. The minimum absolute atomic E-state index is 0.0562. The second kappa shape index (κ2) is 7.86. The van der Waals surface area contributed by atoms with Crippen molar-refractivity contribution in [1.29, 1.82) is 0 Å². The summed E-state index contributed by atoms with van der Waals surface area (Å²) in [5, 5.41) is 6.80. The maximum Gasteiger partial charge on any atom is 0.224 e. The fraction of sp³-hybridized carbons (Fsp3) is 0.526. The van der Waals surface area contributed by atoms with Crippen molar-refractivity contribution in [1.82, 2.24) is 15.5 Å². The molecule has 1 aliphatic rings. The zero-order valence-corrected chi connectivity index (χ0v) is 15.8. The van der Waals surface area contributed by atoms with Crippen LogP contribution < -0.4 is 10.2 Å². The Morgan fingerprint density at radius 2 is 2.00 bits per heavy atom. The molecule has 2 atom stereocenters. The zero-order valence-electron chi connectivity index (χ0n) is 15.8. The molecule has 0 bridgehead atoms. The maximum absolute atomic E-state index is 12.2. The lowest BCUT2D eigenvalue weighted by Crippen LogP contribution is -2.45. The van der Waals surface area contributed by atoms with Crippen LogP contribution >= 0.6 is 0 Å². The van der Waals surface area contributed by atoms with Gasteiger partial charge in [0.1, 0.15) is 11.6 Å². The van der Waals surface area contributed by atoms with Crippen LogP contribution in [0.2, 0.25) is 0 Å². The van der Waals surface area contributed by atoms with Gasteiger partial charge in [-0.3, -0.25) is 4.79 Å². The molecule has 0 aromatic carbocycles. The van der Waals surface area contributed by atoms with Gasteiger partial charge in [0.15, 0.2) is 0 Å². The van der Waals surface area contributed by atoms with E-state index in [4.69, 9.17) is 9.26 Å². The average molecular weight is 358 g/mol. The minimum Gasteiger partial charge on any atom is -0.372 e. The highest BCUT2D eigenvalue weighted by atomic mass is 16.5. The molecule has 2 aromatic heterocycles. The van der Waals surface area contributed by atoms with Gasteiger partial charge in [-0.05, 0) is 39.3 Å². The van der Waals surface area contributed by atoms with Gasteiger partial charge in [-0.15, -0.1) is 0 Å². The van der Waals surface area contributed by atoms with Crippen LogP contribution in [0.15, 0.2) is 22.9 Å². The SMILES string of the molecule is Cc1noc(C)c1CC(=O)NCc1ccc(N2CC(C)OC(C)C2)nc1. The minimum atomic E-state index is -0.0562. The number of ether oxygens (including phenoxy) is 1. The smallest absolute Gasteiger partial charge is 0.224 e. The molecular formula is C19H26N4O3. The highest BCUT2D eigenvalue weighted by Gasteiger charge is 2.23. The Morgan fingerprint density at radius 1 is 1.27 bits per heavy atom. The van der Waals surface area contributed by atoms with Crippen molar-refractivity contribution in [2.45, 2.75) is 52.9 Å². The molecule has 1 amide bonds. The second-order valence-corrected chi connectivity index (χ2v) is 6.94. The number of hydrogen-bond acceptors (Lipinski definition) is 6. The fourth-order valence-corrected chi connectivity index (χ4v) is 3.25. The summed E-state index contributed by atoms with van der Waals surface area (Å²) in [7, 11) is 0. The lowest BCUT2D eigenvalue weighted by molar-refractivity contribution is -0.120. The summed E-state index contributed by atoms with van der Waals surface area (Å²) in [6, 6.07) is 4.00. The first-order valence-corrected chi connectivity index (χ1v) is 8.96. The largest absolute Gasteiger partial charge is 0.372 e. The van der Waals surface area contributed by atoms with Gasteiger partial charge < -0.3 is 19.5 Å². The molecule has 0 radical (unpaired) electrons. The van der Waals surface area contributed by atoms with Crippen molar-refractivity contribution < 1.29 is 14.1 Å². The summed E-state index contributed by atoms with van der Waals surface area (Å²) < 4.78 is 10.8. The Morgan fingerprint density at radius 3 is 2.58 bits per heavy atom. The lowest BCUT2D eigenvalue weighted by atomic mass is 10.1. The molecule has 0 spiro atoms. The van der Waals surface area contributed by atoms with E-state index in [0.717, 1.165) is 35.7 Å². The number of carbonyl (C=O) groups is 1. The molecule has 1 aliphatic heterocycles. The van der Waals surface area contributed by atoms with Crippen molar-refractivity contribution in [2.75, 3.05) is 18.0 Å². The number of aryl methyl sites for hydroxylation is 2. The van der Waals surface area contributed by atoms with Crippen LogP contribution in [0.3, 0.4) is 0 Å². The van der Waals surface area contributed by atoms with Gasteiger partial charge in [-0.2, -0.15) is 0 Å². The molecule has 7 nitrogen and oxygen atoms in total. The predicted octanol–water partition coefficient (Wildman–Crippen LogP) is 2.16. The fourth-order valence-electron chi connectivity index (χ4n) is 3.25. The highest BCUT2D eigenvalue weighted by molar-refractivity contribution is 5.79. The summed E-state index contributed by atoms with van der Waals surface area (Å²) in [6.45, 7) is 9.94. The molecule has 140 valence electrons. The van der Waals surface area contributed by atoms with Crippen LogP contribution in [0.5, 0.6) is 0 Å². The van der Waals surface area contributed by atoms with Gasteiger partial charge in [0.05, 0.1) is 24.3 Å². The maximum atomic E-state index is 12.2. The van der Waals surface area contributed by atoms with E-state index in [1.165, 1.54) is 0 Å². The normalized spacial score (nSPS) is 20.2. The van der Waals surface area contributed by atoms with E-state index in [0.29, 0.717) is 12.3 Å². The van der Waals surface area contributed by atoms with Gasteiger partial charge in [0.2, 0.25) is 5.91 Å². The Bertz CT molecular complexity index is 727. The standard InChI is InChI=1S/C19H26N4O3/c1-12-10-23(11-13(2)25-12)18-6-5-16(8-20-18)9-21-19(24)7-17-14(3)22-26-15(17)4/h5-6,8,12-13H,7,9-11H2,1-4H3,(H,21,24). The summed E-state index contributed by atoms with van der Waals surface area (Å²) in [5.74, 6) is 1.58. The van der Waals surface area contributed by atoms with Gasteiger partial charge in [-0.25, -0.2) is 4.98 Å².